The van der Waals surface area contributed by atoms with E-state index < -0.39 is 10.2 Å². The van der Waals surface area contributed by atoms with E-state index in [0.717, 1.165) is 24.9 Å². The quantitative estimate of drug-likeness (QED) is 0.698. The van der Waals surface area contributed by atoms with Crippen molar-refractivity contribution in [3.63, 3.8) is 0 Å². The summed E-state index contributed by atoms with van der Waals surface area (Å²) in [5.41, 5.74) is 1.60. The van der Waals surface area contributed by atoms with Crippen LogP contribution in [0, 0.1) is 0 Å². The Kier molecular flexibility index (Phi) is 7.71. The van der Waals surface area contributed by atoms with E-state index in [1.54, 1.807) is 6.07 Å². The van der Waals surface area contributed by atoms with Gasteiger partial charge >= 0.3 is 10.2 Å². The fourth-order valence-electron chi connectivity index (χ4n) is 2.09. The molecule has 5 nitrogen and oxygen atoms in total. The van der Waals surface area contributed by atoms with E-state index >= 15 is 0 Å². The molecule has 0 atom stereocenters. The Morgan fingerprint density at radius 2 is 1.67 bits per heavy atom. The second-order valence-electron chi connectivity index (χ2n) is 4.94. The van der Waals surface area contributed by atoms with Crippen molar-refractivity contribution in [2.45, 2.75) is 40.2 Å². The van der Waals surface area contributed by atoms with E-state index in [2.05, 4.69) is 10.0 Å². The highest BCUT2D eigenvalue weighted by Gasteiger charge is 2.21. The van der Waals surface area contributed by atoms with Crippen molar-refractivity contribution in [2.24, 2.45) is 0 Å². The fraction of sp³-hybridized carbons (Fsp3) is 0.600. The number of nitrogens with zero attached hydrogens (tertiary/aromatic N) is 1. The predicted octanol–water partition coefficient (Wildman–Crippen LogP) is 2.57. The molecule has 0 aliphatic rings. The van der Waals surface area contributed by atoms with E-state index in [1.807, 2.05) is 39.0 Å². The highest BCUT2D eigenvalue weighted by atomic mass is 32.2. The van der Waals surface area contributed by atoms with Crippen LogP contribution in [-0.4, -0.2) is 32.4 Å². The number of benzene rings is 1. The zero-order valence-electron chi connectivity index (χ0n) is 13.2. The Labute approximate surface area is 128 Å². The Morgan fingerprint density at radius 1 is 1.05 bits per heavy atom. The van der Waals surface area contributed by atoms with Gasteiger partial charge in [0.25, 0.3) is 0 Å². The molecule has 6 heteroatoms. The molecule has 0 heterocycles. The van der Waals surface area contributed by atoms with E-state index in [1.165, 1.54) is 4.31 Å². The minimum atomic E-state index is -3.49. The van der Waals surface area contributed by atoms with Gasteiger partial charge in [0.15, 0.2) is 0 Å². The topological polar surface area (TPSA) is 61.4 Å². The van der Waals surface area contributed by atoms with E-state index in [4.69, 9.17) is 0 Å². The second-order valence-corrected chi connectivity index (χ2v) is 6.61. The van der Waals surface area contributed by atoms with Crippen molar-refractivity contribution in [2.75, 3.05) is 24.4 Å². The van der Waals surface area contributed by atoms with Crippen molar-refractivity contribution in [1.29, 1.82) is 0 Å². The summed E-state index contributed by atoms with van der Waals surface area (Å²) < 4.78 is 29.2. The summed E-state index contributed by atoms with van der Waals surface area (Å²) in [4.78, 5) is 0. The minimum absolute atomic E-state index is 0.540. The summed E-state index contributed by atoms with van der Waals surface area (Å²) in [5, 5.41) is 3.22. The van der Waals surface area contributed by atoms with Crippen LogP contribution in [0.15, 0.2) is 24.3 Å². The zero-order chi connectivity index (χ0) is 15.7. The predicted molar refractivity (Wildman–Crippen MR) is 88.5 cm³/mol. The average Bonchev–Trinajstić information content (AvgIpc) is 2.46. The molecule has 1 aromatic rings. The zero-order valence-corrected chi connectivity index (χ0v) is 14.0. The molecule has 1 aromatic carbocycles. The molecule has 0 unspecified atom stereocenters. The molecule has 0 saturated heterocycles. The molecule has 21 heavy (non-hydrogen) atoms. The number of hydrogen-bond donors (Lipinski definition) is 2. The Balaban J connectivity index is 2.91. The van der Waals surface area contributed by atoms with Crippen molar-refractivity contribution in [1.82, 2.24) is 9.62 Å². The van der Waals surface area contributed by atoms with Crippen LogP contribution in [0.3, 0.4) is 0 Å². The number of anilines is 1. The maximum Gasteiger partial charge on any atom is 0.301 e. The fourth-order valence-corrected chi connectivity index (χ4v) is 3.54. The lowest BCUT2D eigenvalue weighted by molar-refractivity contribution is 0.413. The van der Waals surface area contributed by atoms with Crippen LogP contribution >= 0.6 is 0 Å². The van der Waals surface area contributed by atoms with Gasteiger partial charge in [-0.05, 0) is 31.0 Å². The average molecular weight is 313 g/mol. The monoisotopic (exact) mass is 313 g/mol. The Morgan fingerprint density at radius 3 is 2.24 bits per heavy atom. The lowest BCUT2D eigenvalue weighted by Crippen LogP contribution is -2.37. The molecule has 0 bridgehead atoms. The number of hydrogen-bond acceptors (Lipinski definition) is 3. The number of nitrogens with one attached hydrogen (secondary N) is 2. The lowest BCUT2D eigenvalue weighted by Gasteiger charge is -2.22. The van der Waals surface area contributed by atoms with Gasteiger partial charge < -0.3 is 5.32 Å². The van der Waals surface area contributed by atoms with Crippen LogP contribution in [0.25, 0.3) is 0 Å². The highest BCUT2D eigenvalue weighted by molar-refractivity contribution is 7.90. The first-order valence-electron chi connectivity index (χ1n) is 7.61. The van der Waals surface area contributed by atoms with Crippen molar-refractivity contribution in [3.05, 3.63) is 29.8 Å². The second kappa shape index (κ2) is 9.02. The summed E-state index contributed by atoms with van der Waals surface area (Å²) in [5.74, 6) is 0. The number of para-hydroxylation sites is 1. The van der Waals surface area contributed by atoms with Gasteiger partial charge in [-0.15, -0.1) is 0 Å². The lowest BCUT2D eigenvalue weighted by atomic mass is 10.2. The van der Waals surface area contributed by atoms with Gasteiger partial charge in [-0.25, -0.2) is 0 Å². The first-order valence-corrected chi connectivity index (χ1v) is 9.05. The SMILES string of the molecule is CCCN(CCC)S(=O)(=O)Nc1ccccc1CNCC. The van der Waals surface area contributed by atoms with Gasteiger partial charge in [0.05, 0.1) is 5.69 Å². The summed E-state index contributed by atoms with van der Waals surface area (Å²) in [6.07, 6.45) is 1.61. The van der Waals surface area contributed by atoms with Gasteiger partial charge in [-0.1, -0.05) is 39.0 Å². The first-order chi connectivity index (χ1) is 10.0. The van der Waals surface area contributed by atoms with Gasteiger partial charge in [0, 0.05) is 19.6 Å². The normalized spacial score (nSPS) is 11.8. The molecule has 0 amide bonds. The molecule has 0 spiro atoms. The largest absolute Gasteiger partial charge is 0.313 e. The van der Waals surface area contributed by atoms with Gasteiger partial charge in [0.2, 0.25) is 0 Å². The molecule has 0 radical (unpaired) electrons. The third-order valence-corrected chi connectivity index (χ3v) is 4.63. The van der Waals surface area contributed by atoms with Gasteiger partial charge in [-0.2, -0.15) is 12.7 Å². The van der Waals surface area contributed by atoms with Crippen LogP contribution < -0.4 is 10.0 Å². The molecule has 0 aromatic heterocycles. The van der Waals surface area contributed by atoms with Crippen LogP contribution in [0.4, 0.5) is 5.69 Å². The summed E-state index contributed by atoms with van der Waals surface area (Å²) in [6.45, 7) is 8.57. The smallest absolute Gasteiger partial charge is 0.301 e. The Bertz CT molecular complexity index is 511. The maximum absolute atomic E-state index is 12.5. The van der Waals surface area contributed by atoms with Gasteiger partial charge in [0.1, 0.15) is 0 Å². The molecule has 120 valence electrons. The Hall–Kier alpha value is -1.11. The van der Waals surface area contributed by atoms with E-state index in [9.17, 15) is 8.42 Å². The highest BCUT2D eigenvalue weighted by Crippen LogP contribution is 2.18. The molecular weight excluding hydrogens is 286 g/mol. The molecule has 2 N–H and O–H groups in total. The van der Waals surface area contributed by atoms with Crippen LogP contribution in [0.5, 0.6) is 0 Å². The van der Waals surface area contributed by atoms with Crippen LogP contribution in [0.1, 0.15) is 39.2 Å². The molecule has 0 saturated carbocycles. The van der Waals surface area contributed by atoms with Gasteiger partial charge in [-0.3, -0.25) is 4.72 Å². The standard InChI is InChI=1S/C15H27N3O2S/c1-4-11-18(12-5-2)21(19,20)17-15-10-8-7-9-14(15)13-16-6-3/h7-10,16-17H,4-6,11-13H2,1-3H3. The van der Waals surface area contributed by atoms with Crippen molar-refractivity contribution >= 4 is 15.9 Å². The molecule has 0 aliphatic carbocycles. The van der Waals surface area contributed by atoms with Crippen molar-refractivity contribution < 1.29 is 8.42 Å². The third kappa shape index (κ3) is 5.65. The molecular formula is C15H27N3O2S. The van der Waals surface area contributed by atoms with Crippen molar-refractivity contribution in [3.8, 4) is 0 Å². The molecule has 0 fully saturated rings. The van der Waals surface area contributed by atoms with Crippen LogP contribution in [0.2, 0.25) is 0 Å². The summed E-state index contributed by atoms with van der Waals surface area (Å²) >= 11 is 0. The third-order valence-electron chi connectivity index (χ3n) is 3.11. The van der Waals surface area contributed by atoms with E-state index in [-0.39, 0.29) is 0 Å². The number of rotatable bonds is 10. The maximum atomic E-state index is 12.5. The van der Waals surface area contributed by atoms with E-state index in [0.29, 0.717) is 25.3 Å². The van der Waals surface area contributed by atoms with Crippen LogP contribution in [-0.2, 0) is 16.8 Å². The first kappa shape index (κ1) is 17.9. The molecule has 1 rings (SSSR count). The summed E-state index contributed by atoms with van der Waals surface area (Å²) in [6, 6.07) is 7.50. The summed E-state index contributed by atoms with van der Waals surface area (Å²) in [7, 11) is -3.49. The molecule has 0 aliphatic heterocycles. The minimum Gasteiger partial charge on any atom is -0.313 e.